The van der Waals surface area contributed by atoms with Gasteiger partial charge >= 0.3 is 6.18 Å². The minimum atomic E-state index is -4.59. The molecule has 1 saturated heterocycles. The van der Waals surface area contributed by atoms with Crippen molar-refractivity contribution >= 4 is 79.7 Å². The van der Waals surface area contributed by atoms with Crippen LogP contribution >= 0.6 is 50.9 Å². The van der Waals surface area contributed by atoms with Crippen LogP contribution in [0.1, 0.15) is 16.7 Å². The van der Waals surface area contributed by atoms with E-state index in [0.717, 1.165) is 23.8 Å². The number of carbonyl (C=O) groups excluding carboxylic acids is 3. The maximum Gasteiger partial charge on any atom is 0.416 e. The summed E-state index contributed by atoms with van der Waals surface area (Å²) in [6.45, 7) is -0.514. The number of rotatable bonds is 8. The summed E-state index contributed by atoms with van der Waals surface area (Å²) in [5, 5.41) is 2.38. The Bertz CT molecular complexity index is 1570. The lowest BCUT2D eigenvalue weighted by Crippen LogP contribution is -2.36. The number of thioether (sulfide) groups is 1. The Morgan fingerprint density at radius 2 is 1.85 bits per heavy atom. The molecule has 1 aliphatic heterocycles. The highest BCUT2D eigenvalue weighted by Gasteiger charge is 2.36. The summed E-state index contributed by atoms with van der Waals surface area (Å²) in [4.78, 5) is 38.6. The molecule has 1 aliphatic rings. The van der Waals surface area contributed by atoms with Crippen LogP contribution in [0, 0.1) is 0 Å². The van der Waals surface area contributed by atoms with E-state index in [1.807, 2.05) is 0 Å². The third-order valence-electron chi connectivity index (χ3n) is 5.57. The zero-order valence-electron chi connectivity index (χ0n) is 20.9. The summed E-state index contributed by atoms with van der Waals surface area (Å²) >= 11 is 16.1. The van der Waals surface area contributed by atoms with Crippen molar-refractivity contribution in [1.29, 1.82) is 0 Å². The van der Waals surface area contributed by atoms with Crippen molar-refractivity contribution in [2.75, 3.05) is 19.0 Å². The summed E-state index contributed by atoms with van der Waals surface area (Å²) < 4.78 is 50.7. The van der Waals surface area contributed by atoms with E-state index in [0.29, 0.717) is 48.2 Å². The molecule has 41 heavy (non-hydrogen) atoms. The van der Waals surface area contributed by atoms with E-state index in [2.05, 4.69) is 21.2 Å². The van der Waals surface area contributed by atoms with Crippen LogP contribution in [0.3, 0.4) is 0 Å². The predicted octanol–water partition coefficient (Wildman–Crippen LogP) is 8.04. The molecule has 0 radical (unpaired) electrons. The molecule has 0 atom stereocenters. The summed E-state index contributed by atoms with van der Waals surface area (Å²) in [5.41, 5.74) is 0.195. The van der Waals surface area contributed by atoms with E-state index in [9.17, 15) is 27.6 Å². The Hall–Kier alpha value is -3.19. The van der Waals surface area contributed by atoms with Crippen molar-refractivity contribution in [3.8, 4) is 11.5 Å². The normalized spacial score (nSPS) is 14.5. The minimum absolute atomic E-state index is 0.0419. The molecule has 0 spiro atoms. The van der Waals surface area contributed by atoms with Gasteiger partial charge in [-0.2, -0.15) is 13.2 Å². The van der Waals surface area contributed by atoms with Gasteiger partial charge in [0.05, 0.1) is 32.1 Å². The molecule has 1 fully saturated rings. The van der Waals surface area contributed by atoms with Gasteiger partial charge in [0.25, 0.3) is 11.1 Å². The second-order valence-corrected chi connectivity index (χ2v) is 11.1. The van der Waals surface area contributed by atoms with Crippen LogP contribution in [0.4, 0.5) is 23.7 Å². The Balaban J connectivity index is 1.46. The molecule has 3 aromatic rings. The van der Waals surface area contributed by atoms with Gasteiger partial charge in [-0.05, 0) is 87.4 Å². The number of benzene rings is 3. The number of amides is 3. The number of nitrogens with one attached hydrogen (secondary N) is 1. The van der Waals surface area contributed by atoms with E-state index in [1.54, 1.807) is 30.3 Å². The number of imide groups is 1. The fourth-order valence-electron chi connectivity index (χ4n) is 3.65. The van der Waals surface area contributed by atoms with Gasteiger partial charge in [-0.15, -0.1) is 0 Å². The number of anilines is 1. The fourth-order valence-corrected chi connectivity index (χ4v) is 5.39. The van der Waals surface area contributed by atoms with Crippen molar-refractivity contribution < 1.29 is 37.0 Å². The first kappa shape index (κ1) is 30.8. The largest absolute Gasteiger partial charge is 0.493 e. The highest BCUT2D eigenvalue weighted by Crippen LogP contribution is 2.40. The second kappa shape index (κ2) is 12.8. The average molecular weight is 690 g/mol. The summed E-state index contributed by atoms with van der Waals surface area (Å²) in [6.07, 6.45) is -3.14. The van der Waals surface area contributed by atoms with E-state index < -0.39 is 35.3 Å². The topological polar surface area (TPSA) is 84.9 Å². The third-order valence-corrected chi connectivity index (χ3v) is 7.80. The van der Waals surface area contributed by atoms with Crippen LogP contribution in [-0.4, -0.2) is 35.6 Å². The smallest absolute Gasteiger partial charge is 0.416 e. The highest BCUT2D eigenvalue weighted by molar-refractivity contribution is 9.10. The number of alkyl halides is 3. The van der Waals surface area contributed by atoms with Gasteiger partial charge in [-0.3, -0.25) is 19.3 Å². The molecule has 0 aromatic heterocycles. The van der Waals surface area contributed by atoms with Crippen molar-refractivity contribution in [2.45, 2.75) is 12.8 Å². The van der Waals surface area contributed by atoms with Crippen LogP contribution in [0.15, 0.2) is 64.0 Å². The molecule has 1 N–H and O–H groups in total. The van der Waals surface area contributed by atoms with E-state index in [-0.39, 0.29) is 17.2 Å². The first-order chi connectivity index (χ1) is 19.3. The van der Waals surface area contributed by atoms with Gasteiger partial charge in [0, 0.05) is 5.69 Å². The van der Waals surface area contributed by atoms with Crippen molar-refractivity contribution in [3.05, 3.63) is 90.7 Å². The first-order valence-electron chi connectivity index (χ1n) is 11.5. The first-order valence-corrected chi connectivity index (χ1v) is 13.9. The lowest BCUT2D eigenvalue weighted by molar-refractivity contribution is -0.137. The summed E-state index contributed by atoms with van der Waals surface area (Å²) in [7, 11) is 1.44. The average Bonchev–Trinajstić information content (AvgIpc) is 3.16. The lowest BCUT2D eigenvalue weighted by atomic mass is 10.1. The maximum absolute atomic E-state index is 12.9. The number of hydrogen-bond donors (Lipinski definition) is 1. The molecule has 0 bridgehead atoms. The molecule has 4 rings (SSSR count). The number of ether oxygens (including phenoxy) is 2. The van der Waals surface area contributed by atoms with Gasteiger partial charge in [0.1, 0.15) is 13.2 Å². The monoisotopic (exact) mass is 688 g/mol. The zero-order chi connectivity index (χ0) is 29.9. The maximum atomic E-state index is 12.9. The highest BCUT2D eigenvalue weighted by atomic mass is 79.9. The Morgan fingerprint density at radius 3 is 2.54 bits per heavy atom. The molecule has 0 aliphatic carbocycles. The Labute approximate surface area is 254 Å². The molecule has 14 heteroatoms. The van der Waals surface area contributed by atoms with E-state index >= 15 is 0 Å². The zero-order valence-corrected chi connectivity index (χ0v) is 24.8. The van der Waals surface area contributed by atoms with Gasteiger partial charge in [-0.1, -0.05) is 35.3 Å². The molecule has 3 aromatic carbocycles. The number of halogens is 6. The number of hydrogen-bond acceptors (Lipinski definition) is 6. The number of carbonyl (C=O) groups is 3. The Morgan fingerprint density at radius 1 is 1.10 bits per heavy atom. The quantitative estimate of drug-likeness (QED) is 0.241. The van der Waals surface area contributed by atoms with Crippen LogP contribution in [0.25, 0.3) is 6.08 Å². The second-order valence-electron chi connectivity index (χ2n) is 8.47. The molecule has 214 valence electrons. The minimum Gasteiger partial charge on any atom is -0.493 e. The lowest BCUT2D eigenvalue weighted by Gasteiger charge is -2.14. The third kappa shape index (κ3) is 7.56. The van der Waals surface area contributed by atoms with Crippen LogP contribution in [0.5, 0.6) is 11.5 Å². The fraction of sp³-hybridized carbons (Fsp3) is 0.148. The summed E-state index contributed by atoms with van der Waals surface area (Å²) in [5.74, 6) is -0.838. The molecule has 0 unspecified atom stereocenters. The number of nitrogens with zero attached hydrogens (tertiary/aromatic N) is 1. The van der Waals surface area contributed by atoms with E-state index in [1.165, 1.54) is 19.3 Å². The number of methoxy groups -OCH3 is 1. The van der Waals surface area contributed by atoms with Crippen LogP contribution in [0.2, 0.25) is 10.0 Å². The molecule has 3 amide bonds. The molecule has 1 heterocycles. The predicted molar refractivity (Wildman–Crippen MR) is 154 cm³/mol. The van der Waals surface area contributed by atoms with Crippen LogP contribution in [-0.2, 0) is 22.4 Å². The summed E-state index contributed by atoms with van der Waals surface area (Å²) in [6, 6.07) is 12.4. The SMILES string of the molecule is COc1cc(/C=C2\SC(=O)N(CC(=O)Nc3cccc(C(F)(F)F)c3)C2=O)cc(Br)c1OCc1ccc(Cl)c(Cl)c1. The van der Waals surface area contributed by atoms with Crippen molar-refractivity contribution in [2.24, 2.45) is 0 Å². The van der Waals surface area contributed by atoms with Gasteiger partial charge in [0.2, 0.25) is 5.91 Å². The molecular weight excluding hydrogens is 672 g/mol. The Kier molecular flexibility index (Phi) is 9.58. The van der Waals surface area contributed by atoms with Gasteiger partial charge in [0.15, 0.2) is 11.5 Å². The van der Waals surface area contributed by atoms with Gasteiger partial charge < -0.3 is 14.8 Å². The standard InChI is InChI=1S/C27H18BrCl2F3N2O5S/c1-39-21-9-15(7-18(28)24(21)40-13-14-5-6-19(29)20(30)8-14)10-22-25(37)35(26(38)41-22)12-23(36)34-17-4-2-3-16(11-17)27(31,32)33/h2-11H,12-13H2,1H3,(H,34,36)/b22-10-. The van der Waals surface area contributed by atoms with Crippen LogP contribution < -0.4 is 14.8 Å². The van der Waals surface area contributed by atoms with E-state index in [4.69, 9.17) is 32.7 Å². The van der Waals surface area contributed by atoms with Crippen molar-refractivity contribution in [3.63, 3.8) is 0 Å². The molecular formula is C27H18BrCl2F3N2O5S. The van der Waals surface area contributed by atoms with Gasteiger partial charge in [-0.25, -0.2) is 0 Å². The molecule has 0 saturated carbocycles. The van der Waals surface area contributed by atoms with Crippen molar-refractivity contribution in [1.82, 2.24) is 4.90 Å². The molecule has 7 nitrogen and oxygen atoms in total.